The maximum atomic E-state index is 11.9. The van der Waals surface area contributed by atoms with E-state index in [0.29, 0.717) is 25.9 Å². The van der Waals surface area contributed by atoms with Crippen LogP contribution in [0.1, 0.15) is 17.9 Å². The van der Waals surface area contributed by atoms with Crippen molar-refractivity contribution in [1.82, 2.24) is 15.1 Å². The first-order chi connectivity index (χ1) is 10.7. The first-order valence-electron chi connectivity index (χ1n) is 7.45. The van der Waals surface area contributed by atoms with Gasteiger partial charge in [0.05, 0.1) is 18.3 Å². The molecule has 2 aromatic heterocycles. The molecule has 1 aromatic carbocycles. The third kappa shape index (κ3) is 3.36. The van der Waals surface area contributed by atoms with E-state index in [9.17, 15) is 4.79 Å². The number of aryl methyl sites for hydroxylation is 2. The lowest BCUT2D eigenvalue weighted by Crippen LogP contribution is -2.26. The van der Waals surface area contributed by atoms with E-state index in [0.717, 1.165) is 22.4 Å². The SMILES string of the molecule is Cc1ccc(CCNC(=O)CCn2ncc3ccccc32)o1. The van der Waals surface area contributed by atoms with Crippen LogP contribution in [0.5, 0.6) is 0 Å². The monoisotopic (exact) mass is 297 g/mol. The minimum atomic E-state index is 0.0304. The van der Waals surface area contributed by atoms with E-state index in [1.165, 1.54) is 0 Å². The van der Waals surface area contributed by atoms with E-state index in [1.807, 2.05) is 54.2 Å². The number of rotatable bonds is 6. The first kappa shape index (κ1) is 14.4. The number of carbonyl (C=O) groups is 1. The van der Waals surface area contributed by atoms with Crippen LogP contribution in [0.25, 0.3) is 10.9 Å². The quantitative estimate of drug-likeness (QED) is 0.761. The van der Waals surface area contributed by atoms with Gasteiger partial charge in [0.1, 0.15) is 11.5 Å². The maximum Gasteiger partial charge on any atom is 0.221 e. The van der Waals surface area contributed by atoms with Gasteiger partial charge in [-0.05, 0) is 25.1 Å². The zero-order chi connectivity index (χ0) is 15.4. The minimum Gasteiger partial charge on any atom is -0.466 e. The fourth-order valence-corrected chi connectivity index (χ4v) is 2.44. The Bertz CT molecular complexity index is 773. The van der Waals surface area contributed by atoms with Gasteiger partial charge in [-0.2, -0.15) is 5.10 Å². The van der Waals surface area contributed by atoms with Crippen LogP contribution in [-0.2, 0) is 17.8 Å². The Balaban J connectivity index is 1.46. The molecular formula is C17H19N3O2. The van der Waals surface area contributed by atoms with E-state index in [-0.39, 0.29) is 5.91 Å². The van der Waals surface area contributed by atoms with Gasteiger partial charge in [-0.25, -0.2) is 0 Å². The van der Waals surface area contributed by atoms with Crippen molar-refractivity contribution in [3.63, 3.8) is 0 Å². The number of hydrogen-bond donors (Lipinski definition) is 1. The van der Waals surface area contributed by atoms with Gasteiger partial charge in [-0.1, -0.05) is 18.2 Å². The molecule has 22 heavy (non-hydrogen) atoms. The summed E-state index contributed by atoms with van der Waals surface area (Å²) in [4.78, 5) is 11.9. The highest BCUT2D eigenvalue weighted by Gasteiger charge is 2.06. The molecule has 0 saturated carbocycles. The Morgan fingerprint density at radius 2 is 2.14 bits per heavy atom. The lowest BCUT2D eigenvalue weighted by molar-refractivity contribution is -0.121. The number of furan rings is 1. The second-order valence-corrected chi connectivity index (χ2v) is 5.29. The second-order valence-electron chi connectivity index (χ2n) is 5.29. The Morgan fingerprint density at radius 1 is 1.27 bits per heavy atom. The molecule has 0 aliphatic carbocycles. The molecule has 0 aliphatic rings. The zero-order valence-electron chi connectivity index (χ0n) is 12.6. The van der Waals surface area contributed by atoms with Crippen LogP contribution in [0, 0.1) is 6.92 Å². The van der Waals surface area contributed by atoms with Gasteiger partial charge in [-0.15, -0.1) is 0 Å². The van der Waals surface area contributed by atoms with Crippen molar-refractivity contribution in [2.75, 3.05) is 6.54 Å². The number of nitrogens with zero attached hydrogens (tertiary/aromatic N) is 2. The molecular weight excluding hydrogens is 278 g/mol. The topological polar surface area (TPSA) is 60.1 Å². The fourth-order valence-electron chi connectivity index (χ4n) is 2.44. The van der Waals surface area contributed by atoms with Gasteiger partial charge >= 0.3 is 0 Å². The summed E-state index contributed by atoms with van der Waals surface area (Å²) in [5, 5.41) is 8.32. The highest BCUT2D eigenvalue weighted by molar-refractivity contribution is 5.79. The number of aromatic nitrogens is 2. The lowest BCUT2D eigenvalue weighted by Gasteiger charge is -2.05. The molecule has 0 aliphatic heterocycles. The Hall–Kier alpha value is -2.56. The van der Waals surface area contributed by atoms with E-state index in [1.54, 1.807) is 0 Å². The van der Waals surface area contributed by atoms with Gasteiger partial charge in [0.2, 0.25) is 5.91 Å². The average Bonchev–Trinajstić information content (AvgIpc) is 3.11. The highest BCUT2D eigenvalue weighted by atomic mass is 16.3. The van der Waals surface area contributed by atoms with Crippen molar-refractivity contribution < 1.29 is 9.21 Å². The second kappa shape index (κ2) is 6.47. The van der Waals surface area contributed by atoms with Gasteiger partial charge in [0.15, 0.2) is 0 Å². The molecule has 0 unspecified atom stereocenters. The molecule has 5 nitrogen and oxygen atoms in total. The smallest absolute Gasteiger partial charge is 0.221 e. The molecule has 1 amide bonds. The molecule has 1 N–H and O–H groups in total. The first-order valence-corrected chi connectivity index (χ1v) is 7.45. The van der Waals surface area contributed by atoms with E-state index in [2.05, 4.69) is 10.4 Å². The summed E-state index contributed by atoms with van der Waals surface area (Å²) in [5.41, 5.74) is 1.06. The summed E-state index contributed by atoms with van der Waals surface area (Å²) in [5.74, 6) is 1.82. The largest absolute Gasteiger partial charge is 0.466 e. The molecule has 114 valence electrons. The van der Waals surface area contributed by atoms with Crippen LogP contribution >= 0.6 is 0 Å². The van der Waals surface area contributed by atoms with E-state index in [4.69, 9.17) is 4.42 Å². The van der Waals surface area contributed by atoms with Crippen molar-refractivity contribution >= 4 is 16.8 Å². The van der Waals surface area contributed by atoms with Gasteiger partial charge in [0.25, 0.3) is 0 Å². The van der Waals surface area contributed by atoms with Crippen molar-refractivity contribution in [2.45, 2.75) is 26.3 Å². The zero-order valence-corrected chi connectivity index (χ0v) is 12.6. The van der Waals surface area contributed by atoms with Crippen LogP contribution in [0.4, 0.5) is 0 Å². The highest BCUT2D eigenvalue weighted by Crippen LogP contribution is 2.12. The van der Waals surface area contributed by atoms with Crippen molar-refractivity contribution in [1.29, 1.82) is 0 Å². The van der Waals surface area contributed by atoms with Gasteiger partial charge in [-0.3, -0.25) is 9.48 Å². The van der Waals surface area contributed by atoms with Crippen LogP contribution in [0.15, 0.2) is 47.0 Å². The van der Waals surface area contributed by atoms with Crippen LogP contribution < -0.4 is 5.32 Å². The Labute approximate surface area is 128 Å². The standard InChI is InChI=1S/C17H19N3O2/c1-13-6-7-15(22-13)8-10-18-17(21)9-11-20-16-5-3-2-4-14(16)12-19-20/h2-7,12H,8-11H2,1H3,(H,18,21). The van der Waals surface area contributed by atoms with Crippen molar-refractivity contribution in [2.24, 2.45) is 0 Å². The summed E-state index contributed by atoms with van der Waals surface area (Å²) < 4.78 is 7.33. The fraction of sp³-hybridized carbons (Fsp3) is 0.294. The molecule has 0 bridgehead atoms. The minimum absolute atomic E-state index is 0.0304. The normalized spacial score (nSPS) is 11.0. The molecule has 0 spiro atoms. The number of carbonyl (C=O) groups excluding carboxylic acids is 1. The average molecular weight is 297 g/mol. The molecule has 3 rings (SSSR count). The molecule has 5 heteroatoms. The third-order valence-electron chi connectivity index (χ3n) is 3.59. The summed E-state index contributed by atoms with van der Waals surface area (Å²) in [6.07, 6.45) is 2.96. The summed E-state index contributed by atoms with van der Waals surface area (Å²) in [7, 11) is 0. The van der Waals surface area contributed by atoms with E-state index >= 15 is 0 Å². The number of para-hydroxylation sites is 1. The molecule has 0 fully saturated rings. The third-order valence-corrected chi connectivity index (χ3v) is 3.59. The summed E-state index contributed by atoms with van der Waals surface area (Å²) in [6, 6.07) is 11.9. The number of amides is 1. The maximum absolute atomic E-state index is 11.9. The Kier molecular flexibility index (Phi) is 4.23. The number of nitrogens with one attached hydrogen (secondary N) is 1. The molecule has 0 atom stereocenters. The van der Waals surface area contributed by atoms with E-state index < -0.39 is 0 Å². The predicted molar refractivity (Wildman–Crippen MR) is 84.5 cm³/mol. The number of fused-ring (bicyclic) bond motifs is 1. The molecule has 0 saturated heterocycles. The number of benzene rings is 1. The van der Waals surface area contributed by atoms with Crippen molar-refractivity contribution in [3.8, 4) is 0 Å². The van der Waals surface area contributed by atoms with Crippen LogP contribution in [0.2, 0.25) is 0 Å². The molecule has 3 aromatic rings. The predicted octanol–water partition coefficient (Wildman–Crippen LogP) is 2.69. The van der Waals surface area contributed by atoms with Crippen molar-refractivity contribution in [3.05, 3.63) is 54.1 Å². The molecule has 0 radical (unpaired) electrons. The van der Waals surface area contributed by atoms with Gasteiger partial charge in [0, 0.05) is 24.8 Å². The summed E-state index contributed by atoms with van der Waals surface area (Å²) >= 11 is 0. The van der Waals surface area contributed by atoms with Gasteiger partial charge < -0.3 is 9.73 Å². The summed E-state index contributed by atoms with van der Waals surface area (Å²) in [6.45, 7) is 3.08. The number of hydrogen-bond acceptors (Lipinski definition) is 3. The lowest BCUT2D eigenvalue weighted by atomic mass is 10.2. The van der Waals surface area contributed by atoms with Crippen LogP contribution in [0.3, 0.4) is 0 Å². The van der Waals surface area contributed by atoms with Crippen LogP contribution in [-0.4, -0.2) is 22.2 Å². The molecule has 2 heterocycles. The Morgan fingerprint density at radius 3 is 2.95 bits per heavy atom.